The fourth-order valence-corrected chi connectivity index (χ4v) is 2.15. The van der Waals surface area contributed by atoms with Gasteiger partial charge < -0.3 is 20.5 Å². The fourth-order valence-electron chi connectivity index (χ4n) is 2.15. The van der Waals surface area contributed by atoms with Crippen molar-refractivity contribution in [1.29, 1.82) is 0 Å². The van der Waals surface area contributed by atoms with Crippen LogP contribution in [0.1, 0.15) is 40.5 Å². The summed E-state index contributed by atoms with van der Waals surface area (Å²) in [7, 11) is 0. The third-order valence-electron chi connectivity index (χ3n) is 3.32. The number of nitrogens with zero attached hydrogens (tertiary/aromatic N) is 1. The van der Waals surface area contributed by atoms with Crippen LogP contribution in [0.25, 0.3) is 0 Å². The first kappa shape index (κ1) is 14.9. The second-order valence-corrected chi connectivity index (χ2v) is 6.60. The van der Waals surface area contributed by atoms with E-state index >= 15 is 0 Å². The molecule has 1 aromatic heterocycles. The zero-order chi connectivity index (χ0) is 14.8. The lowest BCUT2D eigenvalue weighted by Gasteiger charge is -2.35. The van der Waals surface area contributed by atoms with Crippen molar-refractivity contribution in [3.63, 3.8) is 0 Å². The standard InChI is InChI=1S/C15H25N3O2/c1-14(2,3)20-13-11(16)5-6-12(17-13)18-15(4)7-9-19-10-8-15/h5-6H,7-10,16H2,1-4H3,(H,17,18). The summed E-state index contributed by atoms with van der Waals surface area (Å²) in [4.78, 5) is 4.50. The Morgan fingerprint density at radius 2 is 1.95 bits per heavy atom. The summed E-state index contributed by atoms with van der Waals surface area (Å²) >= 11 is 0. The molecular formula is C15H25N3O2. The molecule has 1 fully saturated rings. The molecule has 3 N–H and O–H groups in total. The molecule has 20 heavy (non-hydrogen) atoms. The highest BCUT2D eigenvalue weighted by Gasteiger charge is 2.27. The molecule has 0 saturated carbocycles. The summed E-state index contributed by atoms with van der Waals surface area (Å²) in [5.74, 6) is 1.28. The topological polar surface area (TPSA) is 69.4 Å². The van der Waals surface area contributed by atoms with Gasteiger partial charge in [0.05, 0.1) is 5.69 Å². The Morgan fingerprint density at radius 3 is 2.55 bits per heavy atom. The first-order valence-electron chi connectivity index (χ1n) is 7.09. The number of aromatic nitrogens is 1. The molecule has 2 heterocycles. The van der Waals surface area contributed by atoms with Gasteiger partial charge in [-0.3, -0.25) is 0 Å². The van der Waals surface area contributed by atoms with Gasteiger partial charge in [0.25, 0.3) is 0 Å². The first-order valence-corrected chi connectivity index (χ1v) is 7.09. The summed E-state index contributed by atoms with van der Waals surface area (Å²) in [6, 6.07) is 3.73. The number of pyridine rings is 1. The van der Waals surface area contributed by atoms with Crippen LogP contribution in [0.3, 0.4) is 0 Å². The van der Waals surface area contributed by atoms with Gasteiger partial charge in [0, 0.05) is 18.8 Å². The Morgan fingerprint density at radius 1 is 1.30 bits per heavy atom. The molecule has 0 unspecified atom stereocenters. The normalized spacial score (nSPS) is 18.6. The minimum Gasteiger partial charge on any atom is -0.470 e. The van der Waals surface area contributed by atoms with Crippen LogP contribution in [0.15, 0.2) is 12.1 Å². The molecule has 0 spiro atoms. The summed E-state index contributed by atoms with van der Waals surface area (Å²) in [6.07, 6.45) is 1.93. The van der Waals surface area contributed by atoms with Crippen LogP contribution >= 0.6 is 0 Å². The lowest BCUT2D eigenvalue weighted by atomic mass is 9.92. The smallest absolute Gasteiger partial charge is 0.239 e. The molecular weight excluding hydrogens is 254 g/mol. The van der Waals surface area contributed by atoms with E-state index in [0.717, 1.165) is 31.9 Å². The highest BCUT2D eigenvalue weighted by molar-refractivity contribution is 5.54. The van der Waals surface area contributed by atoms with Crippen molar-refractivity contribution in [2.45, 2.75) is 51.7 Å². The van der Waals surface area contributed by atoms with Gasteiger partial charge in [-0.2, -0.15) is 4.98 Å². The lowest BCUT2D eigenvalue weighted by Crippen LogP contribution is -2.40. The van der Waals surface area contributed by atoms with E-state index in [0.29, 0.717) is 11.6 Å². The Balaban J connectivity index is 2.14. The molecule has 1 aliphatic rings. The Bertz CT molecular complexity index is 463. The molecule has 2 rings (SSSR count). The van der Waals surface area contributed by atoms with Gasteiger partial charge in [-0.1, -0.05) is 0 Å². The average Bonchev–Trinajstić information content (AvgIpc) is 2.32. The number of ether oxygens (including phenoxy) is 2. The van der Waals surface area contributed by atoms with Gasteiger partial charge in [0.1, 0.15) is 11.4 Å². The maximum Gasteiger partial charge on any atom is 0.239 e. The Hall–Kier alpha value is -1.49. The second kappa shape index (κ2) is 5.48. The second-order valence-electron chi connectivity index (χ2n) is 6.60. The third kappa shape index (κ3) is 4.00. The molecule has 0 aliphatic carbocycles. The van der Waals surface area contributed by atoms with Crippen molar-refractivity contribution in [3.05, 3.63) is 12.1 Å². The quantitative estimate of drug-likeness (QED) is 0.890. The fraction of sp³-hybridized carbons (Fsp3) is 0.667. The average molecular weight is 279 g/mol. The van der Waals surface area contributed by atoms with Crippen LogP contribution in [0.5, 0.6) is 5.88 Å². The van der Waals surface area contributed by atoms with Gasteiger partial charge in [-0.05, 0) is 52.7 Å². The van der Waals surface area contributed by atoms with Crippen molar-refractivity contribution in [2.75, 3.05) is 24.3 Å². The molecule has 0 bridgehead atoms. The third-order valence-corrected chi connectivity index (χ3v) is 3.32. The SMILES string of the molecule is CC1(Nc2ccc(N)c(OC(C)(C)C)n2)CCOCC1. The van der Waals surface area contributed by atoms with Crippen LogP contribution in [0.4, 0.5) is 11.5 Å². The van der Waals surface area contributed by atoms with Crippen LogP contribution in [0.2, 0.25) is 0 Å². The molecule has 1 saturated heterocycles. The summed E-state index contributed by atoms with van der Waals surface area (Å²) in [6.45, 7) is 9.70. The molecule has 1 aliphatic heterocycles. The number of nitrogens with two attached hydrogens (primary N) is 1. The molecule has 5 nitrogen and oxygen atoms in total. The van der Waals surface area contributed by atoms with Crippen molar-refractivity contribution < 1.29 is 9.47 Å². The maximum atomic E-state index is 5.93. The van der Waals surface area contributed by atoms with E-state index in [2.05, 4.69) is 17.2 Å². The van der Waals surface area contributed by atoms with Gasteiger partial charge in [0.15, 0.2) is 0 Å². The molecule has 5 heteroatoms. The summed E-state index contributed by atoms with van der Waals surface area (Å²) < 4.78 is 11.2. The van der Waals surface area contributed by atoms with E-state index < -0.39 is 0 Å². The highest BCUT2D eigenvalue weighted by atomic mass is 16.5. The number of hydrogen-bond donors (Lipinski definition) is 2. The van der Waals surface area contributed by atoms with Gasteiger partial charge in [-0.15, -0.1) is 0 Å². The van der Waals surface area contributed by atoms with E-state index in [9.17, 15) is 0 Å². The van der Waals surface area contributed by atoms with Crippen LogP contribution in [0, 0.1) is 0 Å². The predicted molar refractivity (Wildman–Crippen MR) is 81.1 cm³/mol. The van der Waals surface area contributed by atoms with Crippen molar-refractivity contribution >= 4 is 11.5 Å². The number of hydrogen-bond acceptors (Lipinski definition) is 5. The van der Waals surface area contributed by atoms with Crippen LogP contribution in [-0.4, -0.2) is 29.3 Å². The zero-order valence-electron chi connectivity index (χ0n) is 12.8. The number of nitrogen functional groups attached to an aromatic ring is 1. The van der Waals surface area contributed by atoms with Gasteiger partial charge in [0.2, 0.25) is 5.88 Å². The molecule has 1 aromatic rings. The highest BCUT2D eigenvalue weighted by Crippen LogP contribution is 2.29. The number of nitrogens with one attached hydrogen (secondary N) is 1. The Kier molecular flexibility index (Phi) is 4.09. The van der Waals surface area contributed by atoms with Crippen molar-refractivity contribution in [3.8, 4) is 5.88 Å². The van der Waals surface area contributed by atoms with Gasteiger partial charge in [-0.25, -0.2) is 0 Å². The minimum atomic E-state index is -0.317. The zero-order valence-corrected chi connectivity index (χ0v) is 12.8. The van der Waals surface area contributed by atoms with Gasteiger partial charge >= 0.3 is 0 Å². The molecule has 0 amide bonds. The van der Waals surface area contributed by atoms with Crippen molar-refractivity contribution in [1.82, 2.24) is 4.98 Å². The Labute approximate surface area is 120 Å². The molecule has 112 valence electrons. The minimum absolute atomic E-state index is 0.0143. The summed E-state index contributed by atoms with van der Waals surface area (Å²) in [5.41, 5.74) is 6.18. The number of rotatable bonds is 3. The molecule has 0 atom stereocenters. The molecule has 0 radical (unpaired) electrons. The van der Waals surface area contributed by atoms with E-state index in [1.807, 2.05) is 32.9 Å². The van der Waals surface area contributed by atoms with Crippen LogP contribution < -0.4 is 15.8 Å². The van der Waals surface area contributed by atoms with Crippen molar-refractivity contribution in [2.24, 2.45) is 0 Å². The largest absolute Gasteiger partial charge is 0.470 e. The molecule has 0 aromatic carbocycles. The summed E-state index contributed by atoms with van der Waals surface area (Å²) in [5, 5.41) is 3.48. The maximum absolute atomic E-state index is 5.93. The monoisotopic (exact) mass is 279 g/mol. The van der Waals surface area contributed by atoms with E-state index in [1.165, 1.54) is 0 Å². The predicted octanol–water partition coefficient (Wildman–Crippen LogP) is 2.82. The van der Waals surface area contributed by atoms with E-state index in [4.69, 9.17) is 15.2 Å². The van der Waals surface area contributed by atoms with E-state index in [1.54, 1.807) is 0 Å². The van der Waals surface area contributed by atoms with E-state index in [-0.39, 0.29) is 11.1 Å². The number of anilines is 2. The van der Waals surface area contributed by atoms with Crippen LogP contribution in [-0.2, 0) is 4.74 Å². The lowest BCUT2D eigenvalue weighted by molar-refractivity contribution is 0.0656. The first-order chi connectivity index (χ1) is 9.27.